The number of nitrogen functional groups attached to an aromatic ring is 1. The molecule has 3 rings (SSSR count). The first-order chi connectivity index (χ1) is 8.24. The van der Waals surface area contributed by atoms with Crippen LogP contribution in [-0.2, 0) is 6.42 Å². The Labute approximate surface area is 104 Å². The minimum absolute atomic E-state index is 0.321. The molecule has 1 heterocycles. The standard InChI is InChI=1S/C13H14N2OS/c14-9-6-4-8(5-7-9)13-15-10-2-1-3-11(16)12(10)17-13/h4-7,11,16H,1-3,14H2. The summed E-state index contributed by atoms with van der Waals surface area (Å²) < 4.78 is 0. The van der Waals surface area contributed by atoms with Crippen LogP contribution in [0, 0.1) is 0 Å². The van der Waals surface area contributed by atoms with Gasteiger partial charge in [-0.2, -0.15) is 0 Å². The molecule has 0 fully saturated rings. The number of thiazole rings is 1. The minimum Gasteiger partial charge on any atom is -0.399 e. The number of aliphatic hydroxyl groups excluding tert-OH is 1. The van der Waals surface area contributed by atoms with Crippen LogP contribution in [-0.4, -0.2) is 10.1 Å². The molecule has 0 saturated carbocycles. The lowest BCUT2D eigenvalue weighted by Crippen LogP contribution is -2.06. The van der Waals surface area contributed by atoms with E-state index in [4.69, 9.17) is 5.73 Å². The van der Waals surface area contributed by atoms with Gasteiger partial charge in [0, 0.05) is 11.3 Å². The normalized spacial score (nSPS) is 19.0. The first kappa shape index (κ1) is 10.7. The second-order valence-electron chi connectivity index (χ2n) is 4.36. The highest BCUT2D eigenvalue weighted by atomic mass is 32.1. The molecule has 4 heteroatoms. The Hall–Kier alpha value is -1.39. The summed E-state index contributed by atoms with van der Waals surface area (Å²) >= 11 is 1.60. The zero-order valence-electron chi connectivity index (χ0n) is 9.39. The molecule has 0 aliphatic heterocycles. The van der Waals surface area contributed by atoms with Gasteiger partial charge in [-0.15, -0.1) is 11.3 Å². The zero-order chi connectivity index (χ0) is 11.8. The number of rotatable bonds is 1. The predicted octanol–water partition coefficient (Wildman–Crippen LogP) is 2.76. The number of hydrogen-bond acceptors (Lipinski definition) is 4. The number of hydrogen-bond donors (Lipinski definition) is 2. The van der Waals surface area contributed by atoms with Gasteiger partial charge in [-0.05, 0) is 43.5 Å². The summed E-state index contributed by atoms with van der Waals surface area (Å²) in [4.78, 5) is 5.66. The van der Waals surface area contributed by atoms with Crippen LogP contribution >= 0.6 is 11.3 Å². The summed E-state index contributed by atoms with van der Waals surface area (Å²) in [5.74, 6) is 0. The molecule has 3 N–H and O–H groups in total. The van der Waals surface area contributed by atoms with E-state index in [0.717, 1.165) is 46.1 Å². The van der Waals surface area contributed by atoms with Crippen molar-refractivity contribution in [3.8, 4) is 10.6 Å². The van der Waals surface area contributed by atoms with Gasteiger partial charge in [0.1, 0.15) is 5.01 Å². The number of aryl methyl sites for hydroxylation is 1. The molecule has 1 unspecified atom stereocenters. The van der Waals surface area contributed by atoms with Crippen molar-refractivity contribution in [2.45, 2.75) is 25.4 Å². The van der Waals surface area contributed by atoms with E-state index in [2.05, 4.69) is 4.98 Å². The van der Waals surface area contributed by atoms with Crippen molar-refractivity contribution in [1.82, 2.24) is 4.98 Å². The Morgan fingerprint density at radius 2 is 2.06 bits per heavy atom. The van der Waals surface area contributed by atoms with Gasteiger partial charge in [-0.1, -0.05) is 0 Å². The molecule has 1 aliphatic rings. The summed E-state index contributed by atoms with van der Waals surface area (Å²) in [6.45, 7) is 0. The van der Waals surface area contributed by atoms with E-state index >= 15 is 0 Å². The quantitative estimate of drug-likeness (QED) is 0.761. The zero-order valence-corrected chi connectivity index (χ0v) is 10.2. The van der Waals surface area contributed by atoms with Crippen LogP contribution in [0.15, 0.2) is 24.3 Å². The van der Waals surface area contributed by atoms with Gasteiger partial charge in [0.25, 0.3) is 0 Å². The Balaban J connectivity index is 2.02. The molecule has 0 bridgehead atoms. The maximum atomic E-state index is 9.92. The van der Waals surface area contributed by atoms with Crippen LogP contribution in [0.2, 0.25) is 0 Å². The molecule has 1 atom stereocenters. The fourth-order valence-electron chi connectivity index (χ4n) is 2.15. The van der Waals surface area contributed by atoms with Crippen molar-refractivity contribution in [1.29, 1.82) is 0 Å². The van der Waals surface area contributed by atoms with E-state index in [1.54, 1.807) is 11.3 Å². The molecular formula is C13H14N2OS. The van der Waals surface area contributed by atoms with Gasteiger partial charge in [-0.3, -0.25) is 0 Å². The third-order valence-electron chi connectivity index (χ3n) is 3.08. The Kier molecular flexibility index (Phi) is 2.61. The number of nitrogens with two attached hydrogens (primary N) is 1. The molecule has 0 spiro atoms. The van der Waals surface area contributed by atoms with Crippen LogP contribution in [0.4, 0.5) is 5.69 Å². The molecular weight excluding hydrogens is 232 g/mol. The smallest absolute Gasteiger partial charge is 0.123 e. The van der Waals surface area contributed by atoms with E-state index in [9.17, 15) is 5.11 Å². The number of aromatic nitrogens is 1. The van der Waals surface area contributed by atoms with E-state index < -0.39 is 0 Å². The van der Waals surface area contributed by atoms with Crippen LogP contribution in [0.1, 0.15) is 29.5 Å². The average Bonchev–Trinajstić information content (AvgIpc) is 2.75. The SMILES string of the molecule is Nc1ccc(-c2nc3c(s2)C(O)CCC3)cc1. The molecule has 2 aromatic rings. The third-order valence-corrected chi connectivity index (χ3v) is 4.33. The summed E-state index contributed by atoms with van der Waals surface area (Å²) in [5, 5.41) is 10.9. The first-order valence-electron chi connectivity index (χ1n) is 5.77. The lowest BCUT2D eigenvalue weighted by molar-refractivity contribution is 0.160. The van der Waals surface area contributed by atoms with Crippen molar-refractivity contribution < 1.29 is 5.11 Å². The second-order valence-corrected chi connectivity index (χ2v) is 5.39. The van der Waals surface area contributed by atoms with Crippen molar-refractivity contribution in [2.24, 2.45) is 0 Å². The maximum Gasteiger partial charge on any atom is 0.123 e. The predicted molar refractivity (Wildman–Crippen MR) is 69.9 cm³/mol. The molecule has 1 aromatic carbocycles. The topological polar surface area (TPSA) is 59.1 Å². The molecule has 0 saturated heterocycles. The van der Waals surface area contributed by atoms with Crippen molar-refractivity contribution in [2.75, 3.05) is 5.73 Å². The largest absolute Gasteiger partial charge is 0.399 e. The molecule has 88 valence electrons. The van der Waals surface area contributed by atoms with E-state index in [1.165, 1.54) is 0 Å². The summed E-state index contributed by atoms with van der Waals surface area (Å²) in [5.41, 5.74) is 8.57. The fraction of sp³-hybridized carbons (Fsp3) is 0.308. The Morgan fingerprint density at radius 1 is 1.29 bits per heavy atom. The molecule has 0 radical (unpaired) electrons. The van der Waals surface area contributed by atoms with Crippen molar-refractivity contribution >= 4 is 17.0 Å². The molecule has 1 aliphatic carbocycles. The highest BCUT2D eigenvalue weighted by Gasteiger charge is 2.22. The monoisotopic (exact) mass is 246 g/mol. The first-order valence-corrected chi connectivity index (χ1v) is 6.59. The number of benzene rings is 1. The highest BCUT2D eigenvalue weighted by Crippen LogP contribution is 2.37. The Bertz CT molecular complexity index is 533. The number of anilines is 1. The number of fused-ring (bicyclic) bond motifs is 1. The number of aliphatic hydroxyl groups is 1. The van der Waals surface area contributed by atoms with E-state index in [0.29, 0.717) is 0 Å². The molecule has 0 amide bonds. The Morgan fingerprint density at radius 3 is 2.76 bits per heavy atom. The van der Waals surface area contributed by atoms with Crippen LogP contribution in [0.3, 0.4) is 0 Å². The van der Waals surface area contributed by atoms with Crippen LogP contribution in [0.25, 0.3) is 10.6 Å². The lowest BCUT2D eigenvalue weighted by atomic mass is 10.0. The van der Waals surface area contributed by atoms with Crippen LogP contribution < -0.4 is 5.73 Å². The van der Waals surface area contributed by atoms with Gasteiger partial charge in [0.05, 0.1) is 16.7 Å². The molecule has 1 aromatic heterocycles. The minimum atomic E-state index is -0.321. The van der Waals surface area contributed by atoms with E-state index in [-0.39, 0.29) is 6.10 Å². The van der Waals surface area contributed by atoms with Crippen LogP contribution in [0.5, 0.6) is 0 Å². The molecule has 3 nitrogen and oxygen atoms in total. The fourth-order valence-corrected chi connectivity index (χ4v) is 3.28. The van der Waals surface area contributed by atoms with Gasteiger partial charge in [0.2, 0.25) is 0 Å². The summed E-state index contributed by atoms with van der Waals surface area (Å²) in [6.07, 6.45) is 2.55. The lowest BCUT2D eigenvalue weighted by Gasteiger charge is -2.14. The summed E-state index contributed by atoms with van der Waals surface area (Å²) in [6, 6.07) is 7.72. The van der Waals surface area contributed by atoms with Gasteiger partial charge in [-0.25, -0.2) is 4.98 Å². The summed E-state index contributed by atoms with van der Waals surface area (Å²) in [7, 11) is 0. The third kappa shape index (κ3) is 1.94. The maximum absolute atomic E-state index is 9.92. The molecule has 17 heavy (non-hydrogen) atoms. The van der Waals surface area contributed by atoms with Crippen molar-refractivity contribution in [3.05, 3.63) is 34.8 Å². The van der Waals surface area contributed by atoms with Gasteiger partial charge in [0.15, 0.2) is 0 Å². The second kappa shape index (κ2) is 4.13. The average molecular weight is 246 g/mol. The van der Waals surface area contributed by atoms with Crippen molar-refractivity contribution in [3.63, 3.8) is 0 Å². The highest BCUT2D eigenvalue weighted by molar-refractivity contribution is 7.15. The van der Waals surface area contributed by atoms with Gasteiger partial charge < -0.3 is 10.8 Å². The van der Waals surface area contributed by atoms with Gasteiger partial charge >= 0.3 is 0 Å². The number of nitrogens with zero attached hydrogens (tertiary/aromatic N) is 1. The van der Waals surface area contributed by atoms with E-state index in [1.807, 2.05) is 24.3 Å².